The van der Waals surface area contributed by atoms with Crippen molar-refractivity contribution in [2.24, 2.45) is 7.05 Å². The van der Waals surface area contributed by atoms with Gasteiger partial charge in [-0.05, 0) is 42.8 Å². The summed E-state index contributed by atoms with van der Waals surface area (Å²) in [6.07, 6.45) is 0. The van der Waals surface area contributed by atoms with E-state index in [-0.39, 0.29) is 11.7 Å². The second-order valence-corrected chi connectivity index (χ2v) is 7.59. The minimum Gasteiger partial charge on any atom is -0.493 e. The number of anilines is 1. The fourth-order valence-corrected chi connectivity index (χ4v) is 3.56. The Kier molecular flexibility index (Phi) is 6.66. The molecular weight excluding hydrogens is 412 g/mol. The zero-order chi connectivity index (χ0) is 21.0. The highest BCUT2D eigenvalue weighted by molar-refractivity contribution is 7.99. The maximum absolute atomic E-state index is 12.3. The minimum atomic E-state index is -0.148. The fraction of sp³-hybridized carbons (Fsp3) is 0.250. The molecule has 0 aliphatic heterocycles. The molecule has 29 heavy (non-hydrogen) atoms. The lowest BCUT2D eigenvalue weighted by Crippen LogP contribution is -2.14. The number of hydrogen-bond acceptors (Lipinski definition) is 6. The number of halogens is 1. The largest absolute Gasteiger partial charge is 0.493 e. The van der Waals surface area contributed by atoms with E-state index in [2.05, 4.69) is 15.5 Å². The van der Waals surface area contributed by atoms with Gasteiger partial charge in [-0.1, -0.05) is 29.4 Å². The highest BCUT2D eigenvalue weighted by Gasteiger charge is 2.15. The van der Waals surface area contributed by atoms with Gasteiger partial charge in [0.05, 0.1) is 20.0 Å². The summed E-state index contributed by atoms with van der Waals surface area (Å²) in [5.74, 6) is 1.97. The third-order valence-corrected chi connectivity index (χ3v) is 5.69. The van der Waals surface area contributed by atoms with Crippen LogP contribution < -0.4 is 14.8 Å². The molecular formula is C20H21ClN4O3S. The molecule has 0 aliphatic carbocycles. The molecule has 3 aromatic rings. The van der Waals surface area contributed by atoms with Crippen LogP contribution in [0.5, 0.6) is 11.5 Å². The lowest BCUT2D eigenvalue weighted by atomic mass is 10.2. The molecule has 1 amide bonds. The van der Waals surface area contributed by atoms with Crippen molar-refractivity contribution in [1.82, 2.24) is 14.8 Å². The van der Waals surface area contributed by atoms with E-state index in [4.69, 9.17) is 21.1 Å². The number of carbonyl (C=O) groups is 1. The topological polar surface area (TPSA) is 78.3 Å². The van der Waals surface area contributed by atoms with Crippen molar-refractivity contribution < 1.29 is 14.3 Å². The number of thioether (sulfide) groups is 1. The zero-order valence-electron chi connectivity index (χ0n) is 16.5. The van der Waals surface area contributed by atoms with Crippen molar-refractivity contribution in [3.8, 4) is 22.9 Å². The van der Waals surface area contributed by atoms with Gasteiger partial charge in [-0.3, -0.25) is 4.79 Å². The molecule has 0 aliphatic rings. The van der Waals surface area contributed by atoms with Crippen LogP contribution in [0, 0.1) is 6.92 Å². The maximum Gasteiger partial charge on any atom is 0.234 e. The zero-order valence-corrected chi connectivity index (χ0v) is 18.1. The molecule has 0 fully saturated rings. The number of ether oxygens (including phenoxy) is 2. The van der Waals surface area contributed by atoms with Crippen molar-refractivity contribution >= 4 is 35.0 Å². The Bertz CT molecular complexity index is 1040. The Labute approximate surface area is 178 Å². The Morgan fingerprint density at radius 3 is 2.59 bits per heavy atom. The number of methoxy groups -OCH3 is 2. The van der Waals surface area contributed by atoms with Crippen molar-refractivity contribution in [1.29, 1.82) is 0 Å². The normalized spacial score (nSPS) is 10.7. The van der Waals surface area contributed by atoms with Gasteiger partial charge in [-0.2, -0.15) is 0 Å². The molecule has 152 valence electrons. The molecule has 1 N–H and O–H groups in total. The van der Waals surface area contributed by atoms with Gasteiger partial charge < -0.3 is 19.4 Å². The van der Waals surface area contributed by atoms with E-state index in [1.807, 2.05) is 48.9 Å². The molecule has 1 heterocycles. The number of rotatable bonds is 7. The average molecular weight is 433 g/mol. The van der Waals surface area contributed by atoms with E-state index in [1.54, 1.807) is 20.3 Å². The third kappa shape index (κ3) is 4.83. The quantitative estimate of drug-likeness (QED) is 0.564. The molecule has 0 saturated heterocycles. The van der Waals surface area contributed by atoms with Crippen LogP contribution >= 0.6 is 23.4 Å². The highest BCUT2D eigenvalue weighted by Crippen LogP contribution is 2.32. The van der Waals surface area contributed by atoms with E-state index in [1.165, 1.54) is 11.8 Å². The van der Waals surface area contributed by atoms with E-state index >= 15 is 0 Å². The molecule has 7 nitrogen and oxygen atoms in total. The van der Waals surface area contributed by atoms with Crippen LogP contribution in [0.2, 0.25) is 5.02 Å². The van der Waals surface area contributed by atoms with E-state index in [9.17, 15) is 4.79 Å². The number of carbonyl (C=O) groups excluding carboxylic acids is 1. The first-order valence-corrected chi connectivity index (χ1v) is 10.1. The summed E-state index contributed by atoms with van der Waals surface area (Å²) >= 11 is 7.40. The summed E-state index contributed by atoms with van der Waals surface area (Å²) in [6, 6.07) is 11.0. The van der Waals surface area contributed by atoms with E-state index in [0.717, 1.165) is 11.1 Å². The molecule has 2 aromatic carbocycles. The van der Waals surface area contributed by atoms with Crippen LogP contribution in [-0.2, 0) is 11.8 Å². The number of aromatic nitrogens is 3. The monoisotopic (exact) mass is 432 g/mol. The van der Waals surface area contributed by atoms with Crippen LogP contribution in [-0.4, -0.2) is 40.6 Å². The highest BCUT2D eigenvalue weighted by atomic mass is 35.5. The third-order valence-electron chi connectivity index (χ3n) is 4.26. The molecule has 3 rings (SSSR count). The fourth-order valence-electron chi connectivity index (χ4n) is 2.67. The van der Waals surface area contributed by atoms with Gasteiger partial charge in [0.25, 0.3) is 0 Å². The van der Waals surface area contributed by atoms with Crippen LogP contribution in [0.25, 0.3) is 11.4 Å². The minimum absolute atomic E-state index is 0.148. The average Bonchev–Trinajstić information content (AvgIpc) is 3.09. The first kappa shape index (κ1) is 21.0. The Morgan fingerprint density at radius 1 is 1.14 bits per heavy atom. The predicted molar refractivity (Wildman–Crippen MR) is 115 cm³/mol. The summed E-state index contributed by atoms with van der Waals surface area (Å²) < 4.78 is 12.4. The van der Waals surface area contributed by atoms with Gasteiger partial charge in [-0.15, -0.1) is 10.2 Å². The van der Waals surface area contributed by atoms with Crippen molar-refractivity contribution in [3.63, 3.8) is 0 Å². The Morgan fingerprint density at radius 2 is 1.90 bits per heavy atom. The predicted octanol–water partition coefficient (Wildman–Crippen LogP) is 4.19. The molecule has 0 spiro atoms. The lowest BCUT2D eigenvalue weighted by Gasteiger charge is -2.09. The molecule has 0 atom stereocenters. The lowest BCUT2D eigenvalue weighted by molar-refractivity contribution is -0.113. The summed E-state index contributed by atoms with van der Waals surface area (Å²) in [5.41, 5.74) is 2.46. The van der Waals surface area contributed by atoms with Gasteiger partial charge in [-0.25, -0.2) is 0 Å². The van der Waals surface area contributed by atoms with Crippen LogP contribution in [0.4, 0.5) is 5.69 Å². The molecule has 0 unspecified atom stereocenters. The molecule has 0 saturated carbocycles. The number of nitrogens with zero attached hydrogens (tertiary/aromatic N) is 3. The molecule has 0 radical (unpaired) electrons. The van der Waals surface area contributed by atoms with Crippen molar-refractivity contribution in [2.75, 3.05) is 25.3 Å². The van der Waals surface area contributed by atoms with Crippen LogP contribution in [0.15, 0.2) is 41.6 Å². The summed E-state index contributed by atoms with van der Waals surface area (Å²) in [4.78, 5) is 12.3. The molecule has 0 bridgehead atoms. The second-order valence-electron chi connectivity index (χ2n) is 6.24. The molecule has 1 aromatic heterocycles. The maximum atomic E-state index is 12.3. The number of amides is 1. The number of benzene rings is 2. The number of hydrogen-bond donors (Lipinski definition) is 1. The van der Waals surface area contributed by atoms with Gasteiger partial charge >= 0.3 is 0 Å². The summed E-state index contributed by atoms with van der Waals surface area (Å²) in [7, 11) is 5.02. The standard InChI is InChI=1S/C20H21ClN4O3S/c1-12-5-7-14(10-15(12)21)22-18(26)11-29-20-24-23-19(25(20)2)13-6-8-16(27-3)17(9-13)28-4/h5-10H,11H2,1-4H3,(H,22,26). The SMILES string of the molecule is COc1ccc(-c2nnc(SCC(=O)Nc3ccc(C)c(Cl)c3)n2C)cc1OC. The Balaban J connectivity index is 1.68. The van der Waals surface area contributed by atoms with E-state index in [0.29, 0.717) is 33.2 Å². The van der Waals surface area contributed by atoms with Gasteiger partial charge in [0, 0.05) is 23.3 Å². The van der Waals surface area contributed by atoms with E-state index < -0.39 is 0 Å². The smallest absolute Gasteiger partial charge is 0.234 e. The van der Waals surface area contributed by atoms with Crippen LogP contribution in [0.3, 0.4) is 0 Å². The Hall–Kier alpha value is -2.71. The summed E-state index contributed by atoms with van der Waals surface area (Å²) in [6.45, 7) is 1.91. The van der Waals surface area contributed by atoms with Crippen molar-refractivity contribution in [2.45, 2.75) is 12.1 Å². The van der Waals surface area contributed by atoms with Gasteiger partial charge in [0.2, 0.25) is 5.91 Å². The van der Waals surface area contributed by atoms with Gasteiger partial charge in [0.15, 0.2) is 22.5 Å². The van der Waals surface area contributed by atoms with Crippen molar-refractivity contribution in [3.05, 3.63) is 47.0 Å². The first-order chi connectivity index (χ1) is 13.9. The van der Waals surface area contributed by atoms with Gasteiger partial charge in [0.1, 0.15) is 0 Å². The number of aryl methyl sites for hydroxylation is 1. The second kappa shape index (κ2) is 9.19. The molecule has 9 heteroatoms. The first-order valence-electron chi connectivity index (χ1n) is 8.73. The number of nitrogens with one attached hydrogen (secondary N) is 1. The summed E-state index contributed by atoms with van der Waals surface area (Å²) in [5, 5.41) is 12.5. The van der Waals surface area contributed by atoms with Crippen LogP contribution in [0.1, 0.15) is 5.56 Å².